The maximum absolute atomic E-state index is 12.3. The lowest BCUT2D eigenvalue weighted by molar-refractivity contribution is -0.129. The quantitative estimate of drug-likeness (QED) is 0.749. The molecular weight excluding hydrogens is 328 g/mol. The smallest absolute Gasteiger partial charge is 0.243 e. The van der Waals surface area contributed by atoms with Crippen LogP contribution < -0.4 is 10.6 Å². The minimum Gasteiger partial charge on any atom is -0.350 e. The highest BCUT2D eigenvalue weighted by atomic mass is 35.5. The van der Waals surface area contributed by atoms with Crippen molar-refractivity contribution in [1.29, 1.82) is 0 Å². The largest absolute Gasteiger partial charge is 0.350 e. The van der Waals surface area contributed by atoms with Gasteiger partial charge in [0.1, 0.15) is 6.04 Å². The van der Waals surface area contributed by atoms with Crippen molar-refractivity contribution >= 4 is 23.4 Å². The first-order chi connectivity index (χ1) is 11.4. The molecule has 2 rings (SSSR count). The molecule has 1 heterocycles. The Morgan fingerprint density at radius 2 is 1.92 bits per heavy atom. The Hall–Kier alpha value is -2.34. The summed E-state index contributed by atoms with van der Waals surface area (Å²) < 4.78 is 0. The summed E-state index contributed by atoms with van der Waals surface area (Å²) in [5.41, 5.74) is 2.62. The summed E-state index contributed by atoms with van der Waals surface area (Å²) in [6.45, 7) is 5.49. The van der Waals surface area contributed by atoms with Crippen molar-refractivity contribution < 1.29 is 9.59 Å². The van der Waals surface area contributed by atoms with Crippen molar-refractivity contribution in [2.75, 3.05) is 0 Å². The zero-order valence-electron chi connectivity index (χ0n) is 13.9. The Labute approximate surface area is 146 Å². The number of hydrogen-bond donors (Lipinski definition) is 3. The van der Waals surface area contributed by atoms with E-state index in [9.17, 15) is 9.59 Å². The van der Waals surface area contributed by atoms with Gasteiger partial charge in [-0.1, -0.05) is 37.6 Å². The van der Waals surface area contributed by atoms with Gasteiger partial charge >= 0.3 is 0 Å². The standard InChI is InChI=1S/C17H21ClN4O2/c1-10(2)15(21-11(3)23)17(24)19-8-13-9-20-22-16(13)12-4-6-14(18)7-5-12/h4-7,9-10,15H,8H2,1-3H3,(H,19,24)(H,20,22)(H,21,23)/t15-/m0/s1. The van der Waals surface area contributed by atoms with E-state index in [2.05, 4.69) is 20.8 Å². The van der Waals surface area contributed by atoms with Crippen molar-refractivity contribution in [1.82, 2.24) is 20.8 Å². The van der Waals surface area contributed by atoms with Crippen LogP contribution in [0.5, 0.6) is 0 Å². The summed E-state index contributed by atoms with van der Waals surface area (Å²) >= 11 is 5.90. The fourth-order valence-electron chi connectivity index (χ4n) is 2.36. The molecule has 0 saturated heterocycles. The van der Waals surface area contributed by atoms with Crippen molar-refractivity contribution in [3.05, 3.63) is 41.0 Å². The van der Waals surface area contributed by atoms with Crippen LogP contribution in [0.4, 0.5) is 0 Å². The second kappa shape index (κ2) is 7.97. The van der Waals surface area contributed by atoms with Crippen LogP contribution in [0.1, 0.15) is 26.3 Å². The van der Waals surface area contributed by atoms with Gasteiger partial charge in [-0.2, -0.15) is 5.10 Å². The SMILES string of the molecule is CC(=O)N[C@H](C(=O)NCc1cn[nH]c1-c1ccc(Cl)cc1)C(C)C. The summed E-state index contributed by atoms with van der Waals surface area (Å²) in [5.74, 6) is -0.452. The molecule has 0 fully saturated rings. The Morgan fingerprint density at radius 1 is 1.25 bits per heavy atom. The molecule has 7 heteroatoms. The van der Waals surface area contributed by atoms with Crippen LogP contribution in [0.15, 0.2) is 30.5 Å². The zero-order valence-corrected chi connectivity index (χ0v) is 14.6. The molecule has 0 unspecified atom stereocenters. The Bertz CT molecular complexity index is 710. The fourth-order valence-corrected chi connectivity index (χ4v) is 2.48. The number of hydrogen-bond acceptors (Lipinski definition) is 3. The van der Waals surface area contributed by atoms with E-state index in [0.29, 0.717) is 11.6 Å². The maximum Gasteiger partial charge on any atom is 0.243 e. The summed E-state index contributed by atoms with van der Waals surface area (Å²) in [5, 5.41) is 13.2. The molecule has 128 valence electrons. The zero-order chi connectivity index (χ0) is 17.7. The number of aromatic nitrogens is 2. The lowest BCUT2D eigenvalue weighted by Crippen LogP contribution is -2.48. The molecule has 0 aliphatic carbocycles. The van der Waals surface area contributed by atoms with Gasteiger partial charge in [0.2, 0.25) is 11.8 Å². The van der Waals surface area contributed by atoms with Gasteiger partial charge in [0, 0.05) is 24.1 Å². The van der Waals surface area contributed by atoms with E-state index in [1.165, 1.54) is 6.92 Å². The van der Waals surface area contributed by atoms with Gasteiger partial charge in [-0.15, -0.1) is 0 Å². The van der Waals surface area contributed by atoms with Crippen molar-refractivity contribution in [3.8, 4) is 11.3 Å². The molecule has 3 N–H and O–H groups in total. The van der Waals surface area contributed by atoms with E-state index in [-0.39, 0.29) is 17.7 Å². The first-order valence-electron chi connectivity index (χ1n) is 7.71. The van der Waals surface area contributed by atoms with Gasteiger partial charge < -0.3 is 10.6 Å². The van der Waals surface area contributed by atoms with Gasteiger partial charge in [0.05, 0.1) is 11.9 Å². The topological polar surface area (TPSA) is 86.9 Å². The molecular formula is C17H21ClN4O2. The minimum absolute atomic E-state index is 0.00557. The third-order valence-electron chi connectivity index (χ3n) is 3.61. The number of amides is 2. The second-order valence-electron chi connectivity index (χ2n) is 5.92. The van der Waals surface area contributed by atoms with Crippen molar-refractivity contribution in [2.45, 2.75) is 33.4 Å². The fraction of sp³-hybridized carbons (Fsp3) is 0.353. The van der Waals surface area contributed by atoms with Crippen LogP contribution in [-0.4, -0.2) is 28.1 Å². The highest BCUT2D eigenvalue weighted by Crippen LogP contribution is 2.22. The van der Waals surface area contributed by atoms with Gasteiger partial charge in [0.25, 0.3) is 0 Å². The molecule has 2 aromatic rings. The van der Waals surface area contributed by atoms with Crippen LogP contribution in [-0.2, 0) is 16.1 Å². The van der Waals surface area contributed by atoms with Gasteiger partial charge in [-0.3, -0.25) is 14.7 Å². The van der Waals surface area contributed by atoms with Crippen molar-refractivity contribution in [2.24, 2.45) is 5.92 Å². The molecule has 0 radical (unpaired) electrons. The number of carbonyl (C=O) groups is 2. The summed E-state index contributed by atoms with van der Waals surface area (Å²) in [6.07, 6.45) is 1.67. The van der Waals surface area contributed by atoms with Crippen LogP contribution in [0, 0.1) is 5.92 Å². The predicted molar refractivity (Wildman–Crippen MR) is 93.3 cm³/mol. The first-order valence-corrected chi connectivity index (χ1v) is 8.09. The highest BCUT2D eigenvalue weighted by Gasteiger charge is 2.23. The molecule has 1 aromatic heterocycles. The van der Waals surface area contributed by atoms with Crippen LogP contribution in [0.3, 0.4) is 0 Å². The average Bonchev–Trinajstić information content (AvgIpc) is 2.99. The van der Waals surface area contributed by atoms with E-state index in [0.717, 1.165) is 16.8 Å². The monoisotopic (exact) mass is 348 g/mol. The van der Waals surface area contributed by atoms with E-state index in [1.54, 1.807) is 18.3 Å². The Balaban J connectivity index is 2.07. The highest BCUT2D eigenvalue weighted by molar-refractivity contribution is 6.30. The number of nitrogens with one attached hydrogen (secondary N) is 3. The van der Waals surface area contributed by atoms with Gasteiger partial charge in [0.15, 0.2) is 0 Å². The molecule has 1 atom stereocenters. The van der Waals surface area contributed by atoms with E-state index < -0.39 is 6.04 Å². The number of halogens is 1. The lowest BCUT2D eigenvalue weighted by atomic mass is 10.0. The molecule has 0 spiro atoms. The molecule has 0 bridgehead atoms. The molecule has 6 nitrogen and oxygen atoms in total. The molecule has 0 saturated carbocycles. The number of H-pyrrole nitrogens is 1. The molecule has 2 amide bonds. The van der Waals surface area contributed by atoms with E-state index in [4.69, 9.17) is 11.6 Å². The van der Waals surface area contributed by atoms with Gasteiger partial charge in [-0.05, 0) is 23.6 Å². The van der Waals surface area contributed by atoms with Crippen LogP contribution >= 0.6 is 11.6 Å². The van der Waals surface area contributed by atoms with Crippen LogP contribution in [0.2, 0.25) is 5.02 Å². The minimum atomic E-state index is -0.562. The summed E-state index contributed by atoms with van der Waals surface area (Å²) in [6, 6.07) is 6.80. The number of nitrogens with zero attached hydrogens (tertiary/aromatic N) is 1. The number of rotatable bonds is 6. The molecule has 1 aromatic carbocycles. The maximum atomic E-state index is 12.3. The molecule has 0 aliphatic rings. The van der Waals surface area contributed by atoms with Gasteiger partial charge in [-0.25, -0.2) is 0 Å². The molecule has 24 heavy (non-hydrogen) atoms. The first kappa shape index (κ1) is 18.0. The number of carbonyl (C=O) groups excluding carboxylic acids is 2. The number of benzene rings is 1. The molecule has 0 aliphatic heterocycles. The Morgan fingerprint density at radius 3 is 2.50 bits per heavy atom. The third kappa shape index (κ3) is 4.58. The average molecular weight is 349 g/mol. The second-order valence-corrected chi connectivity index (χ2v) is 6.35. The van der Waals surface area contributed by atoms with Crippen LogP contribution in [0.25, 0.3) is 11.3 Å². The number of aromatic amines is 1. The summed E-state index contributed by atoms with van der Waals surface area (Å²) in [4.78, 5) is 23.6. The van der Waals surface area contributed by atoms with E-state index >= 15 is 0 Å². The normalized spacial score (nSPS) is 12.0. The van der Waals surface area contributed by atoms with Crippen molar-refractivity contribution in [3.63, 3.8) is 0 Å². The third-order valence-corrected chi connectivity index (χ3v) is 3.86. The predicted octanol–water partition coefficient (Wildman–Crippen LogP) is 2.51. The Kier molecular flexibility index (Phi) is 5.98. The lowest BCUT2D eigenvalue weighted by Gasteiger charge is -2.20. The summed E-state index contributed by atoms with van der Waals surface area (Å²) in [7, 11) is 0. The van der Waals surface area contributed by atoms with E-state index in [1.807, 2.05) is 26.0 Å².